The van der Waals surface area contributed by atoms with Gasteiger partial charge in [0.15, 0.2) is 0 Å². The molecule has 3 amide bonds. The summed E-state index contributed by atoms with van der Waals surface area (Å²) in [5.74, 6) is -2.54. The van der Waals surface area contributed by atoms with E-state index in [-0.39, 0.29) is 36.7 Å². The normalized spacial score (nSPS) is 19.9. The minimum atomic E-state index is -3.94. The predicted octanol–water partition coefficient (Wildman–Crippen LogP) is 3.55. The first-order valence-electron chi connectivity index (χ1n) is 15.1. The van der Waals surface area contributed by atoms with Crippen LogP contribution in [0.25, 0.3) is 0 Å². The average molecular weight is 643 g/mol. The number of anilines is 1. The van der Waals surface area contributed by atoms with E-state index in [0.717, 1.165) is 9.87 Å². The third kappa shape index (κ3) is 8.82. The van der Waals surface area contributed by atoms with Crippen LogP contribution < -0.4 is 10.6 Å². The van der Waals surface area contributed by atoms with Crippen LogP contribution in [-0.4, -0.2) is 83.9 Å². The molecule has 3 N–H and O–H groups in total. The molecule has 1 unspecified atom stereocenters. The number of carbonyl (C=O) groups excluding carboxylic acids is 3. The molecule has 244 valence electrons. The van der Waals surface area contributed by atoms with E-state index in [1.54, 1.807) is 62.1 Å². The van der Waals surface area contributed by atoms with E-state index >= 15 is 0 Å². The standard InChI is InChI=1S/C32H42N4O8S/c1-21-9-15-25(16-10-21)45(42,43)36-18-6-8-27(36)29(38)34-26(30(39)40)19-22-11-13-24(14-12-22)33-28(37)23-7-5-17-35(20-23)31(41)44-32(2,3)4/h9-16,23,26-27H,5-8,17-20H2,1-4H3,(H,33,37)(H,34,38)(H,39,40)/t23?,26-,27-/m0/s1. The summed E-state index contributed by atoms with van der Waals surface area (Å²) >= 11 is 0. The van der Waals surface area contributed by atoms with Crippen molar-refractivity contribution in [2.75, 3.05) is 25.0 Å². The first-order valence-corrected chi connectivity index (χ1v) is 16.6. The monoisotopic (exact) mass is 642 g/mol. The summed E-state index contributed by atoms with van der Waals surface area (Å²) in [6.07, 6.45) is 1.59. The lowest BCUT2D eigenvalue weighted by molar-refractivity contribution is -0.142. The molecule has 2 aliphatic heterocycles. The smallest absolute Gasteiger partial charge is 0.410 e. The molecule has 2 fully saturated rings. The number of aryl methyl sites for hydroxylation is 1. The second-order valence-electron chi connectivity index (χ2n) is 12.6. The van der Waals surface area contributed by atoms with Gasteiger partial charge in [-0.25, -0.2) is 18.0 Å². The van der Waals surface area contributed by atoms with Crippen molar-refractivity contribution < 1.29 is 37.4 Å². The summed E-state index contributed by atoms with van der Waals surface area (Å²) in [7, 11) is -3.94. The van der Waals surface area contributed by atoms with Crippen LogP contribution in [0, 0.1) is 12.8 Å². The number of aliphatic carboxylic acids is 1. The number of piperidine rings is 1. The second kappa shape index (κ2) is 14.0. The number of hydrogen-bond acceptors (Lipinski definition) is 7. The highest BCUT2D eigenvalue weighted by atomic mass is 32.2. The molecule has 13 heteroatoms. The number of amides is 3. The highest BCUT2D eigenvalue weighted by Crippen LogP contribution is 2.27. The molecule has 0 aromatic heterocycles. The van der Waals surface area contributed by atoms with Crippen molar-refractivity contribution in [1.82, 2.24) is 14.5 Å². The number of carbonyl (C=O) groups is 4. The summed E-state index contributed by atoms with van der Waals surface area (Å²) in [5, 5.41) is 15.2. The molecule has 45 heavy (non-hydrogen) atoms. The number of likely N-dealkylation sites (tertiary alicyclic amines) is 1. The number of carboxylic acids is 1. The minimum absolute atomic E-state index is 0.0415. The van der Waals surface area contributed by atoms with Gasteiger partial charge in [-0.3, -0.25) is 9.59 Å². The summed E-state index contributed by atoms with van der Waals surface area (Å²) in [4.78, 5) is 52.3. The van der Waals surface area contributed by atoms with Gasteiger partial charge in [0, 0.05) is 31.7 Å². The second-order valence-corrected chi connectivity index (χ2v) is 14.5. The summed E-state index contributed by atoms with van der Waals surface area (Å²) in [6.45, 7) is 8.16. The molecule has 4 rings (SSSR count). The topological polar surface area (TPSA) is 162 Å². The molecule has 0 aliphatic carbocycles. The van der Waals surface area contributed by atoms with Crippen LogP contribution >= 0.6 is 0 Å². The number of hydrogen-bond donors (Lipinski definition) is 3. The van der Waals surface area contributed by atoms with Gasteiger partial charge in [-0.1, -0.05) is 29.8 Å². The number of nitrogens with one attached hydrogen (secondary N) is 2. The lowest BCUT2D eigenvalue weighted by atomic mass is 9.97. The Bertz CT molecular complexity index is 1500. The van der Waals surface area contributed by atoms with Crippen LogP contribution in [0.3, 0.4) is 0 Å². The molecule has 0 spiro atoms. The Labute approximate surface area is 264 Å². The molecule has 0 bridgehead atoms. The highest BCUT2D eigenvalue weighted by molar-refractivity contribution is 7.89. The fraction of sp³-hybridized carbons (Fsp3) is 0.500. The van der Waals surface area contributed by atoms with Crippen LogP contribution in [-0.2, 0) is 35.6 Å². The lowest BCUT2D eigenvalue weighted by Crippen LogP contribution is -2.51. The first kappa shape index (κ1) is 33.9. The number of nitrogens with zero attached hydrogens (tertiary/aromatic N) is 2. The molecule has 0 radical (unpaired) electrons. The largest absolute Gasteiger partial charge is 0.480 e. The maximum atomic E-state index is 13.3. The van der Waals surface area contributed by atoms with E-state index in [4.69, 9.17) is 4.74 Å². The quantitative estimate of drug-likeness (QED) is 0.374. The molecule has 2 saturated heterocycles. The van der Waals surface area contributed by atoms with Crippen LogP contribution in [0.2, 0.25) is 0 Å². The van der Waals surface area contributed by atoms with Gasteiger partial charge in [-0.05, 0) is 83.2 Å². The third-order valence-electron chi connectivity index (χ3n) is 7.85. The van der Waals surface area contributed by atoms with Crippen molar-refractivity contribution in [3.05, 3.63) is 59.7 Å². The molecule has 3 atom stereocenters. The minimum Gasteiger partial charge on any atom is -0.480 e. The lowest BCUT2D eigenvalue weighted by Gasteiger charge is -2.33. The number of rotatable bonds is 9. The fourth-order valence-corrected chi connectivity index (χ4v) is 7.15. The van der Waals surface area contributed by atoms with Gasteiger partial charge in [0.2, 0.25) is 21.8 Å². The van der Waals surface area contributed by atoms with Crippen LogP contribution in [0.4, 0.5) is 10.5 Å². The molecule has 2 aliphatic rings. The molecular weight excluding hydrogens is 600 g/mol. The SMILES string of the molecule is Cc1ccc(S(=O)(=O)N2CCC[C@H]2C(=O)N[C@@H](Cc2ccc(NC(=O)C3CCCN(C(=O)OC(C)(C)C)C3)cc2)C(=O)O)cc1. The summed E-state index contributed by atoms with van der Waals surface area (Å²) in [5.41, 5.74) is 1.39. The van der Waals surface area contributed by atoms with Crippen molar-refractivity contribution in [1.29, 1.82) is 0 Å². The van der Waals surface area contributed by atoms with E-state index in [1.807, 2.05) is 6.92 Å². The Hall–Kier alpha value is -3.97. The van der Waals surface area contributed by atoms with E-state index in [9.17, 15) is 32.7 Å². The maximum absolute atomic E-state index is 13.3. The average Bonchev–Trinajstić information content (AvgIpc) is 3.49. The van der Waals surface area contributed by atoms with Crippen molar-refractivity contribution in [2.45, 2.75) is 82.4 Å². The molecule has 2 heterocycles. The zero-order valence-electron chi connectivity index (χ0n) is 26.1. The van der Waals surface area contributed by atoms with E-state index < -0.39 is 51.6 Å². The molecular formula is C32H42N4O8S. The van der Waals surface area contributed by atoms with Crippen molar-refractivity contribution in [3.8, 4) is 0 Å². The van der Waals surface area contributed by atoms with Crippen LogP contribution in [0.5, 0.6) is 0 Å². The third-order valence-corrected chi connectivity index (χ3v) is 9.78. The van der Waals surface area contributed by atoms with Gasteiger partial charge in [-0.15, -0.1) is 0 Å². The summed E-state index contributed by atoms with van der Waals surface area (Å²) in [6, 6.07) is 10.7. The van der Waals surface area contributed by atoms with Gasteiger partial charge in [0.1, 0.15) is 17.7 Å². The predicted molar refractivity (Wildman–Crippen MR) is 167 cm³/mol. The number of sulfonamides is 1. The van der Waals surface area contributed by atoms with Gasteiger partial charge in [0.05, 0.1) is 10.8 Å². The van der Waals surface area contributed by atoms with Gasteiger partial charge >= 0.3 is 12.1 Å². The maximum Gasteiger partial charge on any atom is 0.410 e. The first-order chi connectivity index (χ1) is 21.1. The van der Waals surface area contributed by atoms with E-state index in [0.29, 0.717) is 37.1 Å². The molecule has 2 aromatic carbocycles. The number of carboxylic acid groups (broad SMARTS) is 1. The number of ether oxygens (including phenoxy) is 1. The van der Waals surface area contributed by atoms with Crippen molar-refractivity contribution in [2.24, 2.45) is 5.92 Å². The van der Waals surface area contributed by atoms with Gasteiger partial charge in [-0.2, -0.15) is 4.31 Å². The Morgan fingerprint density at radius 1 is 0.956 bits per heavy atom. The van der Waals surface area contributed by atoms with Crippen molar-refractivity contribution >= 4 is 39.6 Å². The van der Waals surface area contributed by atoms with Gasteiger partial charge < -0.3 is 25.4 Å². The Balaban J connectivity index is 1.34. The van der Waals surface area contributed by atoms with Crippen molar-refractivity contribution in [3.63, 3.8) is 0 Å². The number of benzene rings is 2. The Kier molecular flexibility index (Phi) is 10.5. The van der Waals surface area contributed by atoms with E-state index in [2.05, 4.69) is 10.6 Å². The fourth-order valence-electron chi connectivity index (χ4n) is 5.49. The zero-order valence-corrected chi connectivity index (χ0v) is 26.9. The summed E-state index contributed by atoms with van der Waals surface area (Å²) < 4.78 is 33.1. The van der Waals surface area contributed by atoms with Crippen LogP contribution in [0.15, 0.2) is 53.4 Å². The Morgan fingerprint density at radius 2 is 1.60 bits per heavy atom. The highest BCUT2D eigenvalue weighted by Gasteiger charge is 2.40. The molecule has 0 saturated carbocycles. The molecule has 12 nitrogen and oxygen atoms in total. The zero-order chi connectivity index (χ0) is 32.9. The van der Waals surface area contributed by atoms with Gasteiger partial charge in [0.25, 0.3) is 0 Å². The van der Waals surface area contributed by atoms with E-state index in [1.165, 1.54) is 12.1 Å². The Morgan fingerprint density at radius 3 is 2.22 bits per heavy atom. The molecule has 2 aromatic rings. The van der Waals surface area contributed by atoms with Crippen LogP contribution in [0.1, 0.15) is 57.6 Å².